The second-order valence-electron chi connectivity index (χ2n) is 5.03. The third kappa shape index (κ3) is 2.76. The highest BCUT2D eigenvalue weighted by Gasteiger charge is 2.13. The average Bonchev–Trinajstić information content (AvgIpc) is 2.99. The third-order valence-corrected chi connectivity index (χ3v) is 3.56. The highest BCUT2D eigenvalue weighted by Crippen LogP contribution is 2.25. The van der Waals surface area contributed by atoms with Crippen LogP contribution >= 0.6 is 0 Å². The minimum absolute atomic E-state index is 0.243. The fourth-order valence-corrected chi connectivity index (χ4v) is 2.39. The summed E-state index contributed by atoms with van der Waals surface area (Å²) >= 11 is 0. The van der Waals surface area contributed by atoms with E-state index < -0.39 is 5.97 Å². The van der Waals surface area contributed by atoms with Crippen LogP contribution < -0.4 is 0 Å². The Labute approximate surface area is 127 Å². The number of aromatic amines is 1. The van der Waals surface area contributed by atoms with E-state index in [0.717, 1.165) is 22.2 Å². The highest BCUT2D eigenvalue weighted by molar-refractivity contribution is 6.06. The van der Waals surface area contributed by atoms with Crippen molar-refractivity contribution in [3.8, 4) is 11.3 Å². The first-order valence-corrected chi connectivity index (χ1v) is 6.95. The monoisotopic (exact) mass is 293 g/mol. The fraction of sp³-hybridized carbons (Fsp3) is 0.111. The van der Waals surface area contributed by atoms with Crippen molar-refractivity contribution in [3.63, 3.8) is 0 Å². The number of ketones is 1. The SMILES string of the molecule is COC(=O)CC(=O)c1cccc(-c2cc3ccccc3[nH]2)c1. The van der Waals surface area contributed by atoms with Crippen LogP contribution in [-0.4, -0.2) is 23.8 Å². The molecule has 110 valence electrons. The van der Waals surface area contributed by atoms with Crippen molar-refractivity contribution in [2.45, 2.75) is 6.42 Å². The number of fused-ring (bicyclic) bond motifs is 1. The van der Waals surface area contributed by atoms with Gasteiger partial charge in [0, 0.05) is 22.2 Å². The van der Waals surface area contributed by atoms with Gasteiger partial charge < -0.3 is 9.72 Å². The molecule has 1 N–H and O–H groups in total. The van der Waals surface area contributed by atoms with Crippen LogP contribution in [0, 0.1) is 0 Å². The quantitative estimate of drug-likeness (QED) is 0.454. The summed E-state index contributed by atoms with van der Waals surface area (Å²) in [6.45, 7) is 0. The lowest BCUT2D eigenvalue weighted by atomic mass is 10.0. The molecule has 4 nitrogen and oxygen atoms in total. The van der Waals surface area contributed by atoms with Crippen molar-refractivity contribution in [2.24, 2.45) is 0 Å². The van der Waals surface area contributed by atoms with Gasteiger partial charge in [0.1, 0.15) is 6.42 Å². The summed E-state index contributed by atoms with van der Waals surface area (Å²) in [6.07, 6.45) is -0.243. The standard InChI is InChI=1S/C18H15NO3/c1-22-18(21)11-17(20)14-7-4-6-12(9-14)16-10-13-5-2-3-8-15(13)19-16/h2-10,19H,11H2,1H3. The van der Waals surface area contributed by atoms with Gasteiger partial charge in [0.15, 0.2) is 5.78 Å². The van der Waals surface area contributed by atoms with E-state index in [4.69, 9.17) is 0 Å². The second kappa shape index (κ2) is 5.85. The molecular weight excluding hydrogens is 278 g/mol. The molecule has 3 rings (SSSR count). The molecule has 0 aliphatic heterocycles. The predicted molar refractivity (Wildman–Crippen MR) is 84.7 cm³/mol. The van der Waals surface area contributed by atoms with Crippen LogP contribution in [0.2, 0.25) is 0 Å². The number of carbonyl (C=O) groups excluding carboxylic acids is 2. The molecule has 3 aromatic rings. The zero-order chi connectivity index (χ0) is 15.5. The largest absolute Gasteiger partial charge is 0.469 e. The van der Waals surface area contributed by atoms with Crippen LogP contribution in [0.25, 0.3) is 22.2 Å². The first kappa shape index (κ1) is 14.1. The number of rotatable bonds is 4. The maximum Gasteiger partial charge on any atom is 0.313 e. The Balaban J connectivity index is 1.93. The number of methoxy groups -OCH3 is 1. The fourth-order valence-electron chi connectivity index (χ4n) is 2.39. The van der Waals surface area contributed by atoms with E-state index in [1.165, 1.54) is 7.11 Å². The molecule has 0 aliphatic rings. The summed E-state index contributed by atoms with van der Waals surface area (Å²) in [5.74, 6) is -0.772. The topological polar surface area (TPSA) is 59.2 Å². The minimum Gasteiger partial charge on any atom is -0.469 e. The average molecular weight is 293 g/mol. The summed E-state index contributed by atoms with van der Waals surface area (Å²) in [5, 5.41) is 1.11. The number of para-hydroxylation sites is 1. The molecule has 0 spiro atoms. The number of Topliss-reactive ketones (excluding diaryl/α,β-unsaturated/α-hetero) is 1. The summed E-state index contributed by atoms with van der Waals surface area (Å²) < 4.78 is 4.53. The van der Waals surface area contributed by atoms with Crippen molar-refractivity contribution in [3.05, 3.63) is 60.2 Å². The minimum atomic E-state index is -0.527. The Morgan fingerprint density at radius 2 is 1.86 bits per heavy atom. The van der Waals surface area contributed by atoms with E-state index in [9.17, 15) is 9.59 Å². The number of nitrogens with one attached hydrogen (secondary N) is 1. The number of ether oxygens (including phenoxy) is 1. The van der Waals surface area contributed by atoms with Gasteiger partial charge >= 0.3 is 5.97 Å². The smallest absolute Gasteiger partial charge is 0.313 e. The molecule has 4 heteroatoms. The Morgan fingerprint density at radius 3 is 2.64 bits per heavy atom. The van der Waals surface area contributed by atoms with Crippen LogP contribution in [0.1, 0.15) is 16.8 Å². The number of hydrogen-bond donors (Lipinski definition) is 1. The Hall–Kier alpha value is -2.88. The third-order valence-electron chi connectivity index (χ3n) is 3.56. The molecule has 1 aromatic heterocycles. The normalized spacial score (nSPS) is 10.6. The molecule has 1 heterocycles. The van der Waals surface area contributed by atoms with Crippen molar-refractivity contribution in [2.75, 3.05) is 7.11 Å². The van der Waals surface area contributed by atoms with Gasteiger partial charge in [-0.15, -0.1) is 0 Å². The maximum atomic E-state index is 12.1. The Kier molecular flexibility index (Phi) is 3.74. The number of aromatic nitrogens is 1. The molecule has 0 saturated carbocycles. The van der Waals surface area contributed by atoms with Gasteiger partial charge in [0.05, 0.1) is 7.11 Å². The van der Waals surface area contributed by atoms with E-state index >= 15 is 0 Å². The highest BCUT2D eigenvalue weighted by atomic mass is 16.5. The van der Waals surface area contributed by atoms with Crippen molar-refractivity contribution < 1.29 is 14.3 Å². The van der Waals surface area contributed by atoms with Crippen LogP contribution in [-0.2, 0) is 9.53 Å². The lowest BCUT2D eigenvalue weighted by molar-refractivity contribution is -0.139. The lowest BCUT2D eigenvalue weighted by Crippen LogP contribution is -2.09. The van der Waals surface area contributed by atoms with E-state index in [1.54, 1.807) is 12.1 Å². The van der Waals surface area contributed by atoms with Gasteiger partial charge in [-0.05, 0) is 23.8 Å². The summed E-state index contributed by atoms with van der Waals surface area (Å²) in [5.41, 5.74) is 3.39. The molecule has 0 saturated heterocycles. The van der Waals surface area contributed by atoms with Crippen LogP contribution in [0.5, 0.6) is 0 Å². The molecular formula is C18H15NO3. The van der Waals surface area contributed by atoms with Gasteiger partial charge in [-0.25, -0.2) is 0 Å². The van der Waals surface area contributed by atoms with Crippen molar-refractivity contribution in [1.82, 2.24) is 4.98 Å². The van der Waals surface area contributed by atoms with Gasteiger partial charge in [-0.2, -0.15) is 0 Å². The second-order valence-corrected chi connectivity index (χ2v) is 5.03. The number of carbonyl (C=O) groups is 2. The number of esters is 1. The summed E-state index contributed by atoms with van der Waals surface area (Å²) in [7, 11) is 1.27. The van der Waals surface area contributed by atoms with Gasteiger partial charge in [-0.1, -0.05) is 36.4 Å². The summed E-state index contributed by atoms with van der Waals surface area (Å²) in [4.78, 5) is 26.6. The zero-order valence-corrected chi connectivity index (χ0v) is 12.1. The molecule has 22 heavy (non-hydrogen) atoms. The van der Waals surface area contributed by atoms with Crippen LogP contribution in [0.15, 0.2) is 54.6 Å². The molecule has 0 unspecified atom stereocenters. The molecule has 0 bridgehead atoms. The van der Waals surface area contributed by atoms with Crippen LogP contribution in [0.4, 0.5) is 0 Å². The van der Waals surface area contributed by atoms with E-state index in [-0.39, 0.29) is 12.2 Å². The maximum absolute atomic E-state index is 12.1. The molecule has 0 fully saturated rings. The molecule has 0 aliphatic carbocycles. The molecule has 0 atom stereocenters. The predicted octanol–water partition coefficient (Wildman–Crippen LogP) is 3.58. The number of hydrogen-bond acceptors (Lipinski definition) is 3. The first-order valence-electron chi connectivity index (χ1n) is 6.95. The zero-order valence-electron chi connectivity index (χ0n) is 12.1. The van der Waals surface area contributed by atoms with Crippen LogP contribution in [0.3, 0.4) is 0 Å². The van der Waals surface area contributed by atoms with Gasteiger partial charge in [-0.3, -0.25) is 9.59 Å². The molecule has 2 aromatic carbocycles. The van der Waals surface area contributed by atoms with Gasteiger partial charge in [0.25, 0.3) is 0 Å². The van der Waals surface area contributed by atoms with E-state index in [0.29, 0.717) is 5.56 Å². The van der Waals surface area contributed by atoms with Gasteiger partial charge in [0.2, 0.25) is 0 Å². The van der Waals surface area contributed by atoms with E-state index in [1.807, 2.05) is 42.5 Å². The first-order chi connectivity index (χ1) is 10.7. The molecule has 0 radical (unpaired) electrons. The summed E-state index contributed by atoms with van der Waals surface area (Å²) in [6, 6.07) is 17.3. The number of benzene rings is 2. The lowest BCUT2D eigenvalue weighted by Gasteiger charge is -2.03. The molecule has 0 amide bonds. The van der Waals surface area contributed by atoms with Crippen molar-refractivity contribution in [1.29, 1.82) is 0 Å². The van der Waals surface area contributed by atoms with Crippen molar-refractivity contribution >= 4 is 22.7 Å². The Morgan fingerprint density at radius 1 is 1.05 bits per heavy atom. The number of H-pyrrole nitrogens is 1. The Bertz CT molecular complexity index is 815. The van der Waals surface area contributed by atoms with E-state index in [2.05, 4.69) is 9.72 Å².